The molecule has 2 N–H and O–H groups in total. The van der Waals surface area contributed by atoms with Gasteiger partial charge < -0.3 is 5.73 Å². The molecular weight excluding hydrogens is 170 g/mol. The molecule has 0 unspecified atom stereocenters. The van der Waals surface area contributed by atoms with Gasteiger partial charge in [0.15, 0.2) is 0 Å². The maximum absolute atomic E-state index is 5.88. The first-order chi connectivity index (χ1) is 5.81. The van der Waals surface area contributed by atoms with E-state index >= 15 is 0 Å². The fourth-order valence-electron chi connectivity index (χ4n) is 1.65. The topological polar surface area (TPSA) is 26.0 Å². The highest BCUT2D eigenvalue weighted by atomic mass is 35.5. The second-order valence-electron chi connectivity index (χ2n) is 3.39. The van der Waals surface area contributed by atoms with Gasteiger partial charge in [0.1, 0.15) is 0 Å². The van der Waals surface area contributed by atoms with Crippen LogP contribution < -0.4 is 5.73 Å². The quantitative estimate of drug-likeness (QED) is 0.745. The van der Waals surface area contributed by atoms with Crippen molar-refractivity contribution in [1.82, 2.24) is 0 Å². The Morgan fingerprint density at radius 1 is 1.50 bits per heavy atom. The maximum atomic E-state index is 5.88. The van der Waals surface area contributed by atoms with Crippen LogP contribution >= 0.6 is 11.6 Å². The fraction of sp³-hybridized carbons (Fsp3) is 0.400. The highest BCUT2D eigenvalue weighted by molar-refractivity contribution is 6.30. The summed E-state index contributed by atoms with van der Waals surface area (Å²) in [5, 5.41) is 0.829. The number of nitrogens with two attached hydrogens (primary N) is 1. The Morgan fingerprint density at radius 3 is 2.92 bits per heavy atom. The SMILES string of the molecule is NC[C@@H]1C[C@@H]1c1cccc(Cl)c1. The van der Waals surface area contributed by atoms with E-state index in [1.54, 1.807) is 0 Å². The summed E-state index contributed by atoms with van der Waals surface area (Å²) in [5.74, 6) is 1.37. The molecule has 1 saturated carbocycles. The Morgan fingerprint density at radius 2 is 2.33 bits per heavy atom. The van der Waals surface area contributed by atoms with Crippen LogP contribution in [-0.4, -0.2) is 6.54 Å². The van der Waals surface area contributed by atoms with Crippen molar-refractivity contribution in [3.05, 3.63) is 34.9 Å². The van der Waals surface area contributed by atoms with Crippen LogP contribution in [0.25, 0.3) is 0 Å². The van der Waals surface area contributed by atoms with Gasteiger partial charge in [0.2, 0.25) is 0 Å². The van der Waals surface area contributed by atoms with Crippen molar-refractivity contribution < 1.29 is 0 Å². The van der Waals surface area contributed by atoms with E-state index in [9.17, 15) is 0 Å². The van der Waals surface area contributed by atoms with Crippen molar-refractivity contribution in [2.24, 2.45) is 11.7 Å². The average Bonchev–Trinajstić information content (AvgIpc) is 2.83. The Kier molecular flexibility index (Phi) is 2.07. The molecule has 2 heteroatoms. The van der Waals surface area contributed by atoms with E-state index in [4.69, 9.17) is 17.3 Å². The highest BCUT2D eigenvalue weighted by Gasteiger charge is 2.36. The molecule has 12 heavy (non-hydrogen) atoms. The predicted octanol–water partition coefficient (Wildman–Crippen LogP) is 2.40. The summed E-state index contributed by atoms with van der Waals surface area (Å²) in [6.45, 7) is 0.803. The molecule has 1 aromatic carbocycles. The van der Waals surface area contributed by atoms with Gasteiger partial charge in [0.25, 0.3) is 0 Å². The molecule has 0 saturated heterocycles. The zero-order valence-corrected chi connectivity index (χ0v) is 7.59. The minimum Gasteiger partial charge on any atom is -0.330 e. The molecule has 0 bridgehead atoms. The molecule has 2 atom stereocenters. The Balaban J connectivity index is 2.14. The molecule has 0 aliphatic heterocycles. The van der Waals surface area contributed by atoms with Gasteiger partial charge >= 0.3 is 0 Å². The normalized spacial score (nSPS) is 27.2. The second-order valence-corrected chi connectivity index (χ2v) is 3.83. The van der Waals surface area contributed by atoms with Crippen LogP contribution in [0.2, 0.25) is 5.02 Å². The molecule has 0 spiro atoms. The molecule has 1 nitrogen and oxygen atoms in total. The smallest absolute Gasteiger partial charge is 0.0408 e. The van der Waals surface area contributed by atoms with Crippen LogP contribution in [0.5, 0.6) is 0 Å². The van der Waals surface area contributed by atoms with Gasteiger partial charge in [-0.05, 0) is 42.5 Å². The van der Waals surface area contributed by atoms with Crippen molar-refractivity contribution in [3.8, 4) is 0 Å². The molecule has 1 aromatic rings. The van der Waals surface area contributed by atoms with Gasteiger partial charge in [-0.1, -0.05) is 23.7 Å². The van der Waals surface area contributed by atoms with Gasteiger partial charge in [-0.15, -0.1) is 0 Å². The van der Waals surface area contributed by atoms with Crippen molar-refractivity contribution in [2.75, 3.05) is 6.54 Å². The first-order valence-corrected chi connectivity index (χ1v) is 4.64. The van der Waals surface area contributed by atoms with E-state index in [1.165, 1.54) is 12.0 Å². The lowest BCUT2D eigenvalue weighted by Crippen LogP contribution is -2.01. The Hall–Kier alpha value is -0.530. The van der Waals surface area contributed by atoms with Gasteiger partial charge in [0, 0.05) is 5.02 Å². The summed E-state index contributed by atoms with van der Waals surface area (Å²) in [7, 11) is 0. The predicted molar refractivity (Wildman–Crippen MR) is 51.4 cm³/mol. The summed E-state index contributed by atoms with van der Waals surface area (Å²) in [6.07, 6.45) is 1.23. The molecule has 0 amide bonds. The van der Waals surface area contributed by atoms with Crippen LogP contribution in [0, 0.1) is 5.92 Å². The highest BCUT2D eigenvalue weighted by Crippen LogP contribution is 2.46. The minimum absolute atomic E-state index is 0.675. The molecule has 1 fully saturated rings. The third kappa shape index (κ3) is 1.47. The van der Waals surface area contributed by atoms with Crippen molar-refractivity contribution in [1.29, 1.82) is 0 Å². The molecule has 64 valence electrons. The average molecular weight is 182 g/mol. The second kappa shape index (κ2) is 3.08. The van der Waals surface area contributed by atoms with E-state index in [-0.39, 0.29) is 0 Å². The van der Waals surface area contributed by atoms with Gasteiger partial charge in [-0.3, -0.25) is 0 Å². The van der Waals surface area contributed by atoms with Gasteiger partial charge in [-0.25, -0.2) is 0 Å². The van der Waals surface area contributed by atoms with Crippen LogP contribution in [0.3, 0.4) is 0 Å². The molecular formula is C10H12ClN. The van der Waals surface area contributed by atoms with E-state index in [2.05, 4.69) is 6.07 Å². The first kappa shape index (κ1) is 8.09. The summed E-state index contributed by atoms with van der Waals surface area (Å²) < 4.78 is 0. The lowest BCUT2D eigenvalue weighted by Gasteiger charge is -1.98. The Bertz CT molecular complexity index is 285. The summed E-state index contributed by atoms with van der Waals surface area (Å²) >= 11 is 5.88. The van der Waals surface area contributed by atoms with Crippen LogP contribution in [-0.2, 0) is 0 Å². The van der Waals surface area contributed by atoms with Crippen molar-refractivity contribution in [2.45, 2.75) is 12.3 Å². The van der Waals surface area contributed by atoms with Gasteiger partial charge in [-0.2, -0.15) is 0 Å². The summed E-state index contributed by atoms with van der Waals surface area (Å²) in [4.78, 5) is 0. The number of halogens is 1. The monoisotopic (exact) mass is 181 g/mol. The van der Waals surface area contributed by atoms with Gasteiger partial charge in [0.05, 0.1) is 0 Å². The van der Waals surface area contributed by atoms with E-state index in [0.29, 0.717) is 11.8 Å². The molecule has 2 rings (SSSR count). The molecule has 1 aliphatic carbocycles. The number of benzene rings is 1. The lowest BCUT2D eigenvalue weighted by atomic mass is 10.1. The van der Waals surface area contributed by atoms with Crippen LogP contribution in [0.1, 0.15) is 17.9 Å². The first-order valence-electron chi connectivity index (χ1n) is 4.27. The maximum Gasteiger partial charge on any atom is 0.0408 e. The molecule has 0 aromatic heterocycles. The molecule has 0 heterocycles. The number of hydrogen-bond donors (Lipinski definition) is 1. The standard InChI is InChI=1S/C10H12ClN/c11-9-3-1-2-7(4-9)10-5-8(10)6-12/h1-4,8,10H,5-6,12H2/t8-,10+/m0/s1. The third-order valence-electron chi connectivity index (χ3n) is 2.50. The zero-order valence-electron chi connectivity index (χ0n) is 6.83. The zero-order chi connectivity index (χ0) is 8.55. The summed E-state index contributed by atoms with van der Waals surface area (Å²) in [5.41, 5.74) is 6.91. The lowest BCUT2D eigenvalue weighted by molar-refractivity contribution is 0.810. The van der Waals surface area contributed by atoms with E-state index in [0.717, 1.165) is 11.6 Å². The fourth-order valence-corrected chi connectivity index (χ4v) is 1.85. The van der Waals surface area contributed by atoms with E-state index < -0.39 is 0 Å². The van der Waals surface area contributed by atoms with Crippen LogP contribution in [0.15, 0.2) is 24.3 Å². The third-order valence-corrected chi connectivity index (χ3v) is 2.74. The largest absolute Gasteiger partial charge is 0.330 e. The van der Waals surface area contributed by atoms with Crippen molar-refractivity contribution >= 4 is 11.6 Å². The van der Waals surface area contributed by atoms with E-state index in [1.807, 2.05) is 18.2 Å². The number of rotatable bonds is 2. The van der Waals surface area contributed by atoms with Crippen molar-refractivity contribution in [3.63, 3.8) is 0 Å². The molecule has 1 aliphatic rings. The minimum atomic E-state index is 0.675. The number of hydrogen-bond acceptors (Lipinski definition) is 1. The van der Waals surface area contributed by atoms with Crippen LogP contribution in [0.4, 0.5) is 0 Å². The Labute approximate surface area is 77.5 Å². The summed E-state index contributed by atoms with van der Waals surface area (Å²) in [6, 6.07) is 8.09. The molecule has 0 radical (unpaired) electrons.